The number of hydrogen-bond donors (Lipinski definition) is 2. The number of benzene rings is 1. The number of ether oxygens (including phenoxy) is 2. The van der Waals surface area contributed by atoms with E-state index in [2.05, 4.69) is 15.0 Å². The van der Waals surface area contributed by atoms with Crippen LogP contribution in [0.2, 0.25) is 0 Å². The van der Waals surface area contributed by atoms with Gasteiger partial charge >= 0.3 is 0 Å². The van der Waals surface area contributed by atoms with Gasteiger partial charge in [0, 0.05) is 11.4 Å². The number of nitrogens with one attached hydrogen (secondary N) is 2. The number of aromatic nitrogens is 1. The number of thioether (sulfide) groups is 1. The van der Waals surface area contributed by atoms with Crippen LogP contribution in [-0.4, -0.2) is 50.6 Å². The minimum atomic E-state index is -3.93. The van der Waals surface area contributed by atoms with Crippen LogP contribution in [0, 0.1) is 6.92 Å². The summed E-state index contributed by atoms with van der Waals surface area (Å²) in [4.78, 5) is 16.9. The first-order valence-electron chi connectivity index (χ1n) is 8.53. The fraction of sp³-hybridized carbons (Fsp3) is 0.412. The lowest BCUT2D eigenvalue weighted by atomic mass is 10.2. The highest BCUT2D eigenvalue weighted by Gasteiger charge is 2.27. The van der Waals surface area contributed by atoms with E-state index >= 15 is 0 Å². The molecule has 1 aromatic carbocycles. The summed E-state index contributed by atoms with van der Waals surface area (Å²) >= 11 is 2.83. The van der Waals surface area contributed by atoms with Crippen LogP contribution in [0.5, 0.6) is 11.5 Å². The lowest BCUT2D eigenvalue weighted by Gasteiger charge is -2.20. The number of rotatable bonds is 8. The van der Waals surface area contributed by atoms with E-state index in [1.54, 1.807) is 6.07 Å². The zero-order valence-corrected chi connectivity index (χ0v) is 17.9. The highest BCUT2D eigenvalue weighted by molar-refractivity contribution is 7.98. The number of sulfonamides is 1. The number of hydrogen-bond acceptors (Lipinski definition) is 8. The van der Waals surface area contributed by atoms with Crippen molar-refractivity contribution in [2.45, 2.75) is 24.3 Å². The molecule has 8 nitrogen and oxygen atoms in total. The molecule has 3 rings (SSSR count). The third-order valence-electron chi connectivity index (χ3n) is 3.90. The number of nitrogens with zero attached hydrogens (tertiary/aromatic N) is 1. The normalized spacial score (nSPS) is 14.5. The molecule has 0 spiro atoms. The quantitative estimate of drug-likeness (QED) is 0.644. The van der Waals surface area contributed by atoms with Crippen molar-refractivity contribution in [3.63, 3.8) is 0 Å². The van der Waals surface area contributed by atoms with Crippen molar-refractivity contribution in [3.8, 4) is 11.5 Å². The van der Waals surface area contributed by atoms with Crippen LogP contribution < -0.4 is 19.5 Å². The Morgan fingerprint density at radius 3 is 2.75 bits per heavy atom. The van der Waals surface area contributed by atoms with Crippen molar-refractivity contribution in [2.75, 3.05) is 30.5 Å². The topological polar surface area (TPSA) is 107 Å². The van der Waals surface area contributed by atoms with E-state index in [9.17, 15) is 13.2 Å². The Labute approximate surface area is 172 Å². The summed E-state index contributed by atoms with van der Waals surface area (Å²) < 4.78 is 39.1. The molecule has 2 aromatic rings. The molecule has 0 fully saturated rings. The molecule has 1 aliphatic rings. The largest absolute Gasteiger partial charge is 0.486 e. The molecular formula is C17H21N3O5S3. The van der Waals surface area contributed by atoms with Crippen molar-refractivity contribution in [3.05, 3.63) is 29.3 Å². The summed E-state index contributed by atoms with van der Waals surface area (Å²) in [5.41, 5.74) is 0.790. The smallest absolute Gasteiger partial charge is 0.244 e. The fourth-order valence-corrected chi connectivity index (χ4v) is 4.94. The zero-order valence-electron chi connectivity index (χ0n) is 15.4. The van der Waals surface area contributed by atoms with E-state index in [0.717, 1.165) is 5.69 Å². The zero-order chi connectivity index (χ0) is 20.1. The summed E-state index contributed by atoms with van der Waals surface area (Å²) in [6, 6.07) is 3.47. The van der Waals surface area contributed by atoms with Gasteiger partial charge in [0.25, 0.3) is 0 Å². The number of aryl methyl sites for hydroxylation is 1. The van der Waals surface area contributed by atoms with Gasteiger partial charge in [-0.05, 0) is 37.5 Å². The van der Waals surface area contributed by atoms with Gasteiger partial charge in [-0.2, -0.15) is 16.5 Å². The van der Waals surface area contributed by atoms with Crippen LogP contribution in [0.1, 0.15) is 12.1 Å². The van der Waals surface area contributed by atoms with Gasteiger partial charge in [0.05, 0.1) is 10.6 Å². The van der Waals surface area contributed by atoms with E-state index in [1.807, 2.05) is 18.6 Å². The standard InChI is InChI=1S/C17H21N3O5S3/c1-11-10-27-17(18-11)19-16(21)13(5-8-26-2)20-28(22,23)12-3-4-14-15(9-12)25-7-6-24-14/h3-4,9-10,13,20H,5-8H2,1-2H3,(H,18,19,21). The number of anilines is 1. The van der Waals surface area contributed by atoms with E-state index in [-0.39, 0.29) is 4.90 Å². The number of fused-ring (bicyclic) bond motifs is 1. The maximum atomic E-state index is 12.8. The SMILES string of the molecule is CSCCC(NS(=O)(=O)c1ccc2c(c1)OCCO2)C(=O)Nc1nc(C)cs1. The molecule has 2 heterocycles. The summed E-state index contributed by atoms with van der Waals surface area (Å²) in [6.45, 7) is 2.60. The Balaban J connectivity index is 1.77. The van der Waals surface area contributed by atoms with Crippen molar-refractivity contribution in [1.82, 2.24) is 9.71 Å². The minimum Gasteiger partial charge on any atom is -0.486 e. The first kappa shape index (κ1) is 20.9. The van der Waals surface area contributed by atoms with Crippen LogP contribution in [0.15, 0.2) is 28.5 Å². The second kappa shape index (κ2) is 9.12. The van der Waals surface area contributed by atoms with Gasteiger partial charge in [0.2, 0.25) is 15.9 Å². The number of thiazole rings is 1. The summed E-state index contributed by atoms with van der Waals surface area (Å²) in [6.07, 6.45) is 2.25. The molecule has 1 amide bonds. The highest BCUT2D eigenvalue weighted by Crippen LogP contribution is 2.32. The first-order valence-corrected chi connectivity index (χ1v) is 12.3. The molecule has 11 heteroatoms. The van der Waals surface area contributed by atoms with E-state index in [4.69, 9.17) is 9.47 Å². The van der Waals surface area contributed by atoms with Crippen molar-refractivity contribution < 1.29 is 22.7 Å². The summed E-state index contributed by atoms with van der Waals surface area (Å²) in [5, 5.41) is 4.93. The maximum Gasteiger partial charge on any atom is 0.244 e. The molecule has 1 aliphatic heterocycles. The van der Waals surface area contributed by atoms with E-state index in [0.29, 0.717) is 42.0 Å². The predicted molar refractivity (Wildman–Crippen MR) is 110 cm³/mol. The van der Waals surface area contributed by atoms with Crippen molar-refractivity contribution in [2.24, 2.45) is 0 Å². The second-order valence-corrected chi connectivity index (χ2v) is 9.60. The predicted octanol–water partition coefficient (Wildman–Crippen LogP) is 2.26. The molecule has 0 aliphatic carbocycles. The molecule has 1 atom stereocenters. The molecule has 0 saturated heterocycles. The highest BCUT2D eigenvalue weighted by atomic mass is 32.2. The van der Waals surface area contributed by atoms with E-state index < -0.39 is 22.0 Å². The molecule has 1 aromatic heterocycles. The first-order chi connectivity index (χ1) is 13.4. The van der Waals surface area contributed by atoms with Crippen LogP contribution in [0.4, 0.5) is 5.13 Å². The molecule has 0 bridgehead atoms. The van der Waals surface area contributed by atoms with Gasteiger partial charge in [-0.1, -0.05) is 0 Å². The third kappa shape index (κ3) is 5.16. The lowest BCUT2D eigenvalue weighted by Crippen LogP contribution is -2.44. The van der Waals surface area contributed by atoms with Crippen molar-refractivity contribution in [1.29, 1.82) is 0 Å². The Morgan fingerprint density at radius 1 is 1.32 bits per heavy atom. The molecule has 28 heavy (non-hydrogen) atoms. The molecule has 2 N–H and O–H groups in total. The average Bonchev–Trinajstić information content (AvgIpc) is 3.09. The minimum absolute atomic E-state index is 0.0174. The second-order valence-electron chi connectivity index (χ2n) is 6.04. The monoisotopic (exact) mass is 443 g/mol. The summed E-state index contributed by atoms with van der Waals surface area (Å²) in [7, 11) is -3.93. The Morgan fingerprint density at radius 2 is 2.07 bits per heavy atom. The lowest BCUT2D eigenvalue weighted by molar-refractivity contribution is -0.117. The van der Waals surface area contributed by atoms with Gasteiger partial charge in [0.1, 0.15) is 19.3 Å². The van der Waals surface area contributed by atoms with Crippen LogP contribution in [0.3, 0.4) is 0 Å². The maximum absolute atomic E-state index is 12.8. The Kier molecular flexibility index (Phi) is 6.81. The van der Waals surface area contributed by atoms with Gasteiger partial charge in [-0.15, -0.1) is 11.3 Å². The van der Waals surface area contributed by atoms with Gasteiger partial charge < -0.3 is 14.8 Å². The molecular weight excluding hydrogens is 422 g/mol. The van der Waals surface area contributed by atoms with Crippen LogP contribution >= 0.6 is 23.1 Å². The molecule has 152 valence electrons. The fourth-order valence-electron chi connectivity index (χ4n) is 2.53. The van der Waals surface area contributed by atoms with Gasteiger partial charge in [0.15, 0.2) is 16.6 Å². The average molecular weight is 444 g/mol. The van der Waals surface area contributed by atoms with Crippen LogP contribution in [0.25, 0.3) is 0 Å². The number of amides is 1. The third-order valence-corrected chi connectivity index (χ3v) is 6.89. The van der Waals surface area contributed by atoms with Gasteiger partial charge in [-0.3, -0.25) is 4.79 Å². The summed E-state index contributed by atoms with van der Waals surface area (Å²) in [5.74, 6) is 1.06. The molecule has 0 radical (unpaired) electrons. The Hall–Kier alpha value is -1.82. The number of carbonyl (C=O) groups is 1. The Bertz CT molecular complexity index is 945. The van der Waals surface area contributed by atoms with Crippen molar-refractivity contribution >= 4 is 44.2 Å². The van der Waals surface area contributed by atoms with Gasteiger partial charge in [-0.25, -0.2) is 13.4 Å². The van der Waals surface area contributed by atoms with E-state index in [1.165, 1.54) is 35.2 Å². The number of carbonyl (C=O) groups excluding carboxylic acids is 1. The van der Waals surface area contributed by atoms with Crippen LogP contribution in [-0.2, 0) is 14.8 Å². The molecule has 0 saturated carbocycles. The molecule has 1 unspecified atom stereocenters.